The molecule has 2 nitrogen and oxygen atoms in total. The summed E-state index contributed by atoms with van der Waals surface area (Å²) < 4.78 is 5.47. The highest BCUT2D eigenvalue weighted by Crippen LogP contribution is 2.35. The second-order valence-corrected chi connectivity index (χ2v) is 5.90. The minimum absolute atomic E-state index is 0.330. The first-order chi connectivity index (χ1) is 9.24. The summed E-state index contributed by atoms with van der Waals surface area (Å²) in [6.07, 6.45) is 8.07. The maximum atomic E-state index is 6.13. The molecule has 0 aromatic heterocycles. The van der Waals surface area contributed by atoms with Crippen LogP contribution in [0, 0.1) is 5.92 Å². The van der Waals surface area contributed by atoms with Gasteiger partial charge in [0.1, 0.15) is 5.75 Å². The van der Waals surface area contributed by atoms with E-state index in [4.69, 9.17) is 16.3 Å². The van der Waals surface area contributed by atoms with Gasteiger partial charge in [-0.25, -0.2) is 0 Å². The molecule has 0 saturated heterocycles. The molecule has 1 N–H and O–H groups in total. The van der Waals surface area contributed by atoms with Crippen molar-refractivity contribution in [3.8, 4) is 5.75 Å². The lowest BCUT2D eigenvalue weighted by molar-refractivity contribution is 0.301. The highest BCUT2D eigenvalue weighted by Gasteiger charge is 2.21. The second-order valence-electron chi connectivity index (χ2n) is 5.47. The van der Waals surface area contributed by atoms with Crippen molar-refractivity contribution in [2.24, 2.45) is 5.92 Å². The molecule has 1 fully saturated rings. The van der Waals surface area contributed by atoms with E-state index < -0.39 is 0 Å². The Morgan fingerprint density at radius 2 is 2.05 bits per heavy atom. The van der Waals surface area contributed by atoms with Gasteiger partial charge in [-0.15, -0.1) is 0 Å². The molecule has 1 aliphatic carbocycles. The van der Waals surface area contributed by atoms with Gasteiger partial charge in [-0.3, -0.25) is 0 Å². The van der Waals surface area contributed by atoms with Crippen molar-refractivity contribution in [2.75, 3.05) is 14.2 Å². The third-order valence-electron chi connectivity index (χ3n) is 4.21. The van der Waals surface area contributed by atoms with Gasteiger partial charge in [0, 0.05) is 16.6 Å². The molecular formula is C16H24ClNO. The fraction of sp³-hybridized carbons (Fsp3) is 0.625. The lowest BCUT2D eigenvalue weighted by Crippen LogP contribution is -2.21. The Labute approximate surface area is 121 Å². The number of hydrogen-bond acceptors (Lipinski definition) is 2. The van der Waals surface area contributed by atoms with Crippen LogP contribution in [0.25, 0.3) is 0 Å². The van der Waals surface area contributed by atoms with Crippen LogP contribution in [0.3, 0.4) is 0 Å². The van der Waals surface area contributed by atoms with E-state index in [1.165, 1.54) is 44.1 Å². The van der Waals surface area contributed by atoms with Gasteiger partial charge in [0.05, 0.1) is 7.11 Å². The molecule has 3 heteroatoms. The van der Waals surface area contributed by atoms with Crippen LogP contribution in [0.15, 0.2) is 18.2 Å². The van der Waals surface area contributed by atoms with Crippen LogP contribution >= 0.6 is 11.6 Å². The zero-order valence-electron chi connectivity index (χ0n) is 11.9. The number of ether oxygens (including phenoxy) is 1. The summed E-state index contributed by atoms with van der Waals surface area (Å²) >= 11 is 6.13. The van der Waals surface area contributed by atoms with E-state index in [1.807, 2.05) is 25.2 Å². The maximum absolute atomic E-state index is 6.13. The zero-order valence-corrected chi connectivity index (χ0v) is 12.7. The van der Waals surface area contributed by atoms with E-state index in [0.717, 1.165) is 16.7 Å². The lowest BCUT2D eigenvalue weighted by atomic mass is 9.83. The molecule has 1 aromatic rings. The molecule has 1 aromatic carbocycles. The molecule has 0 amide bonds. The predicted molar refractivity (Wildman–Crippen MR) is 81.0 cm³/mol. The Morgan fingerprint density at radius 1 is 1.32 bits per heavy atom. The second kappa shape index (κ2) is 7.16. The minimum Gasteiger partial charge on any atom is -0.496 e. The molecular weight excluding hydrogens is 258 g/mol. The van der Waals surface area contributed by atoms with Gasteiger partial charge in [-0.2, -0.15) is 0 Å². The van der Waals surface area contributed by atoms with Crippen LogP contribution in [-0.2, 0) is 0 Å². The van der Waals surface area contributed by atoms with Gasteiger partial charge in [-0.05, 0) is 37.6 Å². The van der Waals surface area contributed by atoms with Crippen molar-refractivity contribution in [1.29, 1.82) is 0 Å². The predicted octanol–water partition coefficient (Wildman–Crippen LogP) is 4.58. The number of halogens is 1. The molecule has 1 aliphatic rings. The monoisotopic (exact) mass is 281 g/mol. The van der Waals surface area contributed by atoms with Crippen LogP contribution in [0.2, 0.25) is 5.02 Å². The normalized spacial score (nSPS) is 18.3. The molecule has 106 valence electrons. The molecule has 1 saturated carbocycles. The van der Waals surface area contributed by atoms with Gasteiger partial charge >= 0.3 is 0 Å². The summed E-state index contributed by atoms with van der Waals surface area (Å²) in [7, 11) is 3.74. The van der Waals surface area contributed by atoms with Crippen LogP contribution in [0.1, 0.15) is 50.1 Å². The van der Waals surface area contributed by atoms with Crippen molar-refractivity contribution >= 4 is 11.6 Å². The van der Waals surface area contributed by atoms with E-state index >= 15 is 0 Å². The number of nitrogens with one attached hydrogen (secondary N) is 1. The number of methoxy groups -OCH3 is 1. The maximum Gasteiger partial charge on any atom is 0.123 e. The summed E-state index contributed by atoms with van der Waals surface area (Å²) in [5.74, 6) is 1.76. The fourth-order valence-electron chi connectivity index (χ4n) is 3.13. The molecule has 2 rings (SSSR count). The molecule has 0 radical (unpaired) electrons. The molecule has 0 spiro atoms. The number of benzene rings is 1. The Balaban J connectivity index is 2.13. The lowest BCUT2D eigenvalue weighted by Gasteiger charge is -2.27. The summed E-state index contributed by atoms with van der Waals surface area (Å²) in [6.45, 7) is 0. The largest absolute Gasteiger partial charge is 0.496 e. The van der Waals surface area contributed by atoms with Crippen LogP contribution in [0.4, 0.5) is 0 Å². The highest BCUT2D eigenvalue weighted by atomic mass is 35.5. The van der Waals surface area contributed by atoms with Crippen molar-refractivity contribution in [3.63, 3.8) is 0 Å². The Kier molecular flexibility index (Phi) is 5.53. The molecule has 0 heterocycles. The average molecular weight is 282 g/mol. The molecule has 19 heavy (non-hydrogen) atoms. The zero-order chi connectivity index (χ0) is 13.7. The Bertz CT molecular complexity index is 402. The van der Waals surface area contributed by atoms with E-state index in [9.17, 15) is 0 Å². The van der Waals surface area contributed by atoms with Crippen molar-refractivity contribution in [1.82, 2.24) is 5.32 Å². The SMILES string of the molecule is CNC(CC1CCCCC1)c1cc(Cl)ccc1OC. The van der Waals surface area contributed by atoms with Crippen LogP contribution < -0.4 is 10.1 Å². The van der Waals surface area contributed by atoms with Crippen molar-refractivity contribution in [3.05, 3.63) is 28.8 Å². The standard InChI is InChI=1S/C16H24ClNO/c1-18-15(10-12-6-4-3-5-7-12)14-11-13(17)8-9-16(14)19-2/h8-9,11-12,15,18H,3-7,10H2,1-2H3. The van der Waals surface area contributed by atoms with Crippen molar-refractivity contribution < 1.29 is 4.74 Å². The van der Waals surface area contributed by atoms with E-state index in [2.05, 4.69) is 5.32 Å². The third-order valence-corrected chi connectivity index (χ3v) is 4.44. The van der Waals surface area contributed by atoms with Crippen LogP contribution in [0.5, 0.6) is 5.75 Å². The molecule has 1 atom stereocenters. The quantitative estimate of drug-likeness (QED) is 0.853. The average Bonchev–Trinajstić information content (AvgIpc) is 2.46. The first-order valence-electron chi connectivity index (χ1n) is 7.25. The van der Waals surface area contributed by atoms with Gasteiger partial charge in [0.25, 0.3) is 0 Å². The van der Waals surface area contributed by atoms with E-state index in [1.54, 1.807) is 7.11 Å². The minimum atomic E-state index is 0.330. The first kappa shape index (κ1) is 14.7. The summed E-state index contributed by atoms with van der Waals surface area (Å²) in [4.78, 5) is 0. The van der Waals surface area contributed by atoms with Crippen LogP contribution in [-0.4, -0.2) is 14.2 Å². The smallest absolute Gasteiger partial charge is 0.123 e. The fourth-order valence-corrected chi connectivity index (χ4v) is 3.31. The summed E-state index contributed by atoms with van der Waals surface area (Å²) in [5.41, 5.74) is 1.18. The van der Waals surface area contributed by atoms with E-state index in [0.29, 0.717) is 6.04 Å². The topological polar surface area (TPSA) is 21.3 Å². The van der Waals surface area contributed by atoms with Gasteiger partial charge in [0.2, 0.25) is 0 Å². The van der Waals surface area contributed by atoms with Gasteiger partial charge in [-0.1, -0.05) is 43.7 Å². The van der Waals surface area contributed by atoms with Crippen molar-refractivity contribution in [2.45, 2.75) is 44.6 Å². The number of rotatable bonds is 5. The van der Waals surface area contributed by atoms with E-state index in [-0.39, 0.29) is 0 Å². The molecule has 1 unspecified atom stereocenters. The Hall–Kier alpha value is -0.730. The first-order valence-corrected chi connectivity index (χ1v) is 7.63. The Morgan fingerprint density at radius 3 is 2.68 bits per heavy atom. The van der Waals surface area contributed by atoms with Gasteiger partial charge < -0.3 is 10.1 Å². The van der Waals surface area contributed by atoms with Gasteiger partial charge in [0.15, 0.2) is 0 Å². The third kappa shape index (κ3) is 3.87. The highest BCUT2D eigenvalue weighted by molar-refractivity contribution is 6.30. The molecule has 0 aliphatic heterocycles. The number of hydrogen-bond donors (Lipinski definition) is 1. The summed E-state index contributed by atoms with van der Waals surface area (Å²) in [6, 6.07) is 6.21. The molecule has 0 bridgehead atoms. The summed E-state index contributed by atoms with van der Waals surface area (Å²) in [5, 5.41) is 4.21.